The number of piperidine rings is 1. The van der Waals surface area contributed by atoms with Gasteiger partial charge in [-0.25, -0.2) is 8.42 Å². The van der Waals surface area contributed by atoms with E-state index in [1.807, 2.05) is 18.4 Å². The van der Waals surface area contributed by atoms with Crippen molar-refractivity contribution in [3.05, 3.63) is 18.0 Å². The van der Waals surface area contributed by atoms with Crippen LogP contribution >= 0.6 is 11.6 Å². The molecule has 21 heavy (non-hydrogen) atoms. The number of aryl methyl sites for hydroxylation is 1. The van der Waals surface area contributed by atoms with Crippen LogP contribution in [-0.2, 0) is 27.2 Å². The summed E-state index contributed by atoms with van der Waals surface area (Å²) in [6.07, 6.45) is 3.35. The van der Waals surface area contributed by atoms with Gasteiger partial charge in [0.15, 0.2) is 0 Å². The van der Waals surface area contributed by atoms with Crippen LogP contribution in [0.1, 0.15) is 32.4 Å². The second kappa shape index (κ2) is 6.28. The lowest BCUT2D eigenvalue weighted by Crippen LogP contribution is -2.49. The van der Waals surface area contributed by atoms with Crippen molar-refractivity contribution >= 4 is 21.6 Å². The van der Waals surface area contributed by atoms with Gasteiger partial charge < -0.3 is 9.30 Å². The summed E-state index contributed by atoms with van der Waals surface area (Å²) in [6.45, 7) is 5.55. The first kappa shape index (κ1) is 16.8. The van der Waals surface area contributed by atoms with Crippen LogP contribution in [0.5, 0.6) is 0 Å². The average molecular weight is 335 g/mol. The number of nitrogens with zero attached hydrogens (tertiary/aromatic N) is 2. The Hall–Kier alpha value is -0.560. The zero-order valence-corrected chi connectivity index (χ0v) is 14.4. The summed E-state index contributed by atoms with van der Waals surface area (Å²) >= 11 is 5.88. The molecule has 2 heterocycles. The Morgan fingerprint density at radius 2 is 2.19 bits per heavy atom. The maximum absolute atomic E-state index is 12.8. The maximum Gasteiger partial charge on any atom is 0.244 e. The van der Waals surface area contributed by atoms with E-state index in [1.165, 1.54) is 4.31 Å². The van der Waals surface area contributed by atoms with Crippen LogP contribution in [0.15, 0.2) is 17.2 Å². The highest BCUT2D eigenvalue weighted by Crippen LogP contribution is 2.29. The number of hydrogen-bond acceptors (Lipinski definition) is 3. The van der Waals surface area contributed by atoms with E-state index in [1.54, 1.807) is 19.4 Å². The summed E-state index contributed by atoms with van der Waals surface area (Å²) in [5.41, 5.74) is 0.415. The van der Waals surface area contributed by atoms with Crippen molar-refractivity contribution in [1.29, 1.82) is 0 Å². The molecule has 1 aromatic rings. The Morgan fingerprint density at radius 1 is 1.48 bits per heavy atom. The molecule has 7 heteroatoms. The van der Waals surface area contributed by atoms with E-state index in [-0.39, 0.29) is 0 Å². The standard InChI is InChI=1S/C14H23ClN2O3S/c1-4-16-10-13(8-12(16)9-15)21(18,19)17-7-5-6-14(2,11-17)20-3/h8,10H,4-7,9,11H2,1-3H3. The molecule has 0 radical (unpaired) electrons. The summed E-state index contributed by atoms with van der Waals surface area (Å²) < 4.78 is 34.5. The van der Waals surface area contributed by atoms with Gasteiger partial charge in [-0.1, -0.05) is 0 Å². The topological polar surface area (TPSA) is 51.5 Å². The Bertz CT molecular complexity index is 578. The first-order chi connectivity index (χ1) is 9.86. The van der Waals surface area contributed by atoms with E-state index in [0.29, 0.717) is 30.4 Å². The Labute approximate surface area is 131 Å². The molecule has 1 fully saturated rings. The first-order valence-corrected chi connectivity index (χ1v) is 9.14. The van der Waals surface area contributed by atoms with E-state index < -0.39 is 15.6 Å². The third kappa shape index (κ3) is 3.28. The van der Waals surface area contributed by atoms with Crippen LogP contribution in [0.3, 0.4) is 0 Å². The van der Waals surface area contributed by atoms with Crippen LogP contribution in [-0.4, -0.2) is 43.1 Å². The van der Waals surface area contributed by atoms with Crippen molar-refractivity contribution in [2.75, 3.05) is 20.2 Å². The fraction of sp³-hybridized carbons (Fsp3) is 0.714. The van der Waals surface area contributed by atoms with Gasteiger partial charge in [0.25, 0.3) is 0 Å². The highest BCUT2D eigenvalue weighted by molar-refractivity contribution is 7.89. The number of hydrogen-bond donors (Lipinski definition) is 0. The van der Waals surface area contributed by atoms with Gasteiger partial charge in [-0.05, 0) is 32.8 Å². The molecule has 1 atom stereocenters. The molecular weight excluding hydrogens is 312 g/mol. The molecule has 0 amide bonds. The Kier molecular flexibility index (Phi) is 5.03. The normalized spacial score (nSPS) is 24.4. The fourth-order valence-electron chi connectivity index (χ4n) is 2.75. The second-order valence-electron chi connectivity index (χ2n) is 5.68. The smallest absolute Gasteiger partial charge is 0.244 e. The van der Waals surface area contributed by atoms with Crippen LogP contribution < -0.4 is 0 Å². The molecule has 2 rings (SSSR count). The van der Waals surface area contributed by atoms with Crippen LogP contribution in [0, 0.1) is 0 Å². The number of rotatable bonds is 5. The third-order valence-corrected chi connectivity index (χ3v) is 6.28. The summed E-state index contributed by atoms with van der Waals surface area (Å²) in [6, 6.07) is 1.67. The van der Waals surface area contributed by atoms with Gasteiger partial charge in [0.05, 0.1) is 11.5 Å². The summed E-state index contributed by atoms with van der Waals surface area (Å²) in [5, 5.41) is 0. The molecule has 120 valence electrons. The Balaban J connectivity index is 2.31. The summed E-state index contributed by atoms with van der Waals surface area (Å²) in [7, 11) is -1.86. The Morgan fingerprint density at radius 3 is 2.71 bits per heavy atom. The van der Waals surface area contributed by atoms with Gasteiger partial charge in [-0.15, -0.1) is 11.6 Å². The maximum atomic E-state index is 12.8. The molecule has 1 aliphatic rings. The summed E-state index contributed by atoms with van der Waals surface area (Å²) in [5.74, 6) is 0.305. The number of halogens is 1. The molecule has 0 N–H and O–H groups in total. The van der Waals surface area contributed by atoms with Gasteiger partial charge >= 0.3 is 0 Å². The number of aromatic nitrogens is 1. The van der Waals surface area contributed by atoms with Crippen molar-refractivity contribution in [2.45, 2.75) is 49.6 Å². The van der Waals surface area contributed by atoms with Gasteiger partial charge in [0, 0.05) is 38.6 Å². The molecule has 0 aromatic carbocycles. The number of ether oxygens (including phenoxy) is 1. The SMILES string of the molecule is CCn1cc(S(=O)(=O)N2CCCC(C)(OC)C2)cc1CCl. The zero-order chi connectivity index (χ0) is 15.7. The number of alkyl halides is 1. The minimum atomic E-state index is -3.49. The third-order valence-electron chi connectivity index (χ3n) is 4.19. The summed E-state index contributed by atoms with van der Waals surface area (Å²) in [4.78, 5) is 0.320. The van der Waals surface area contributed by atoms with E-state index in [9.17, 15) is 8.42 Å². The molecule has 0 bridgehead atoms. The lowest BCUT2D eigenvalue weighted by molar-refractivity contribution is -0.0319. The van der Waals surface area contributed by atoms with E-state index in [2.05, 4.69) is 0 Å². The van der Waals surface area contributed by atoms with Crippen LogP contribution in [0.2, 0.25) is 0 Å². The van der Waals surface area contributed by atoms with Gasteiger partial charge in [0.1, 0.15) is 4.90 Å². The molecule has 1 aromatic heterocycles. The quantitative estimate of drug-likeness (QED) is 0.777. The lowest BCUT2D eigenvalue weighted by atomic mass is 9.96. The molecule has 1 aliphatic heterocycles. The van der Waals surface area contributed by atoms with Crippen molar-refractivity contribution in [3.63, 3.8) is 0 Å². The number of methoxy groups -OCH3 is 1. The predicted molar refractivity (Wildman–Crippen MR) is 83.1 cm³/mol. The molecule has 5 nitrogen and oxygen atoms in total. The van der Waals surface area contributed by atoms with Gasteiger partial charge in [-0.3, -0.25) is 0 Å². The first-order valence-electron chi connectivity index (χ1n) is 7.16. The van der Waals surface area contributed by atoms with Crippen molar-refractivity contribution in [2.24, 2.45) is 0 Å². The monoisotopic (exact) mass is 334 g/mol. The molecular formula is C14H23ClN2O3S. The van der Waals surface area contributed by atoms with Crippen molar-refractivity contribution < 1.29 is 13.2 Å². The fourth-order valence-corrected chi connectivity index (χ4v) is 4.64. The van der Waals surface area contributed by atoms with Gasteiger partial charge in [-0.2, -0.15) is 4.31 Å². The molecule has 0 saturated carbocycles. The van der Waals surface area contributed by atoms with Crippen molar-refractivity contribution in [3.8, 4) is 0 Å². The highest BCUT2D eigenvalue weighted by Gasteiger charge is 2.37. The molecule has 0 aliphatic carbocycles. The largest absolute Gasteiger partial charge is 0.377 e. The second-order valence-corrected chi connectivity index (χ2v) is 7.89. The molecule has 0 spiro atoms. The minimum absolute atomic E-state index is 0.305. The van der Waals surface area contributed by atoms with E-state index in [0.717, 1.165) is 18.5 Å². The van der Waals surface area contributed by atoms with Crippen molar-refractivity contribution in [1.82, 2.24) is 8.87 Å². The van der Waals surface area contributed by atoms with Gasteiger partial charge in [0.2, 0.25) is 10.0 Å². The van der Waals surface area contributed by atoms with E-state index >= 15 is 0 Å². The average Bonchev–Trinajstić information content (AvgIpc) is 2.91. The zero-order valence-electron chi connectivity index (χ0n) is 12.8. The lowest BCUT2D eigenvalue weighted by Gasteiger charge is -2.38. The highest BCUT2D eigenvalue weighted by atomic mass is 35.5. The molecule has 1 saturated heterocycles. The minimum Gasteiger partial charge on any atom is -0.377 e. The van der Waals surface area contributed by atoms with Crippen LogP contribution in [0.25, 0.3) is 0 Å². The van der Waals surface area contributed by atoms with E-state index in [4.69, 9.17) is 16.3 Å². The van der Waals surface area contributed by atoms with Crippen LogP contribution in [0.4, 0.5) is 0 Å². The predicted octanol–water partition coefficient (Wildman–Crippen LogP) is 2.44. The molecule has 1 unspecified atom stereocenters. The number of sulfonamides is 1.